The number of fused-ring (bicyclic) bond motifs is 2. The van der Waals surface area contributed by atoms with Gasteiger partial charge in [-0.2, -0.15) is 0 Å². The van der Waals surface area contributed by atoms with Gasteiger partial charge in [-0.05, 0) is 38.5 Å². The van der Waals surface area contributed by atoms with Gasteiger partial charge in [0, 0.05) is 44.1 Å². The Morgan fingerprint density at radius 1 is 1.30 bits per heavy atom. The van der Waals surface area contributed by atoms with E-state index in [0.29, 0.717) is 17.8 Å². The minimum absolute atomic E-state index is 0.264. The van der Waals surface area contributed by atoms with Crippen LogP contribution in [0.2, 0.25) is 0 Å². The fourth-order valence-electron chi connectivity index (χ4n) is 5.38. The molecule has 6 heteroatoms. The van der Waals surface area contributed by atoms with E-state index in [0.717, 1.165) is 62.7 Å². The van der Waals surface area contributed by atoms with Crippen LogP contribution in [0.15, 0.2) is 9.52 Å². The Kier molecular flexibility index (Phi) is 4.65. The minimum Gasteiger partial charge on any atom is -0.361 e. The molecule has 1 saturated carbocycles. The topological polar surface area (TPSA) is 61.9 Å². The van der Waals surface area contributed by atoms with Crippen molar-refractivity contribution in [2.45, 2.75) is 66.0 Å². The molecule has 3 heterocycles. The maximum atomic E-state index is 13.5. The van der Waals surface area contributed by atoms with Crippen LogP contribution in [0.5, 0.6) is 0 Å². The molecule has 1 aromatic heterocycles. The molecule has 0 bridgehead atoms. The molecule has 1 aromatic rings. The number of rotatable bonds is 5. The lowest BCUT2D eigenvalue weighted by atomic mass is 9.84. The third kappa shape index (κ3) is 2.93. The largest absolute Gasteiger partial charge is 0.361 e. The standard InChI is InChI=1S/C21H32N4O2/c1-6-19-22-21(20(26)25(19)9-13(2)3)8-7-16-10-24(12-18(16)21)11-17-14(4)23-27-15(17)5/h13,16,18H,6-12H2,1-5H3/t16-,18+,21-/m0/s1. The number of nitrogens with zero attached hydrogens (tertiary/aromatic N) is 4. The summed E-state index contributed by atoms with van der Waals surface area (Å²) in [5.74, 6) is 3.53. The summed E-state index contributed by atoms with van der Waals surface area (Å²) in [7, 11) is 0. The average Bonchev–Trinajstić information content (AvgIpc) is 3.33. The van der Waals surface area contributed by atoms with Crippen LogP contribution >= 0.6 is 0 Å². The number of carbonyl (C=O) groups excluding carboxylic acids is 1. The SMILES string of the molecule is CCC1=N[C@]2(CC[C@H]3CN(Cc4c(C)noc4C)C[C@H]32)C(=O)N1CC(C)C. The number of aliphatic imine (C=N–C) groups is 1. The highest BCUT2D eigenvalue weighted by Gasteiger charge is 2.60. The number of carbonyl (C=O) groups is 1. The van der Waals surface area contributed by atoms with E-state index in [2.05, 4.69) is 30.8 Å². The zero-order chi connectivity index (χ0) is 19.3. The van der Waals surface area contributed by atoms with Crippen molar-refractivity contribution in [2.24, 2.45) is 22.7 Å². The summed E-state index contributed by atoms with van der Waals surface area (Å²) in [4.78, 5) is 23.0. The van der Waals surface area contributed by atoms with Crippen LogP contribution in [0.4, 0.5) is 0 Å². The number of hydrogen-bond acceptors (Lipinski definition) is 5. The lowest BCUT2D eigenvalue weighted by Crippen LogP contribution is -2.47. The van der Waals surface area contributed by atoms with E-state index in [1.165, 1.54) is 5.56 Å². The molecule has 0 aromatic carbocycles. The number of aryl methyl sites for hydroxylation is 2. The highest BCUT2D eigenvalue weighted by Crippen LogP contribution is 2.50. The Morgan fingerprint density at radius 3 is 2.70 bits per heavy atom. The first-order chi connectivity index (χ1) is 12.9. The number of likely N-dealkylation sites (tertiary alicyclic amines) is 1. The van der Waals surface area contributed by atoms with Crippen LogP contribution in [-0.4, -0.2) is 51.9 Å². The van der Waals surface area contributed by atoms with E-state index in [1.807, 2.05) is 18.7 Å². The van der Waals surface area contributed by atoms with Crippen molar-refractivity contribution in [1.82, 2.24) is 15.0 Å². The zero-order valence-corrected chi connectivity index (χ0v) is 17.3. The van der Waals surface area contributed by atoms with Gasteiger partial charge in [-0.3, -0.25) is 19.6 Å². The average molecular weight is 373 g/mol. The van der Waals surface area contributed by atoms with Crippen molar-refractivity contribution in [3.63, 3.8) is 0 Å². The lowest BCUT2D eigenvalue weighted by molar-refractivity contribution is -0.132. The molecule has 0 radical (unpaired) electrons. The second-order valence-corrected chi connectivity index (χ2v) is 9.02. The highest BCUT2D eigenvalue weighted by atomic mass is 16.5. The Morgan fingerprint density at radius 2 is 2.07 bits per heavy atom. The van der Waals surface area contributed by atoms with E-state index in [9.17, 15) is 4.79 Å². The summed E-state index contributed by atoms with van der Waals surface area (Å²) in [5, 5.41) is 4.09. The molecule has 1 spiro atoms. The second-order valence-electron chi connectivity index (χ2n) is 9.02. The molecule has 3 atom stereocenters. The molecule has 1 amide bonds. The Labute approximate surface area is 162 Å². The van der Waals surface area contributed by atoms with Gasteiger partial charge in [-0.25, -0.2) is 0 Å². The summed E-state index contributed by atoms with van der Waals surface area (Å²) in [5.41, 5.74) is 1.67. The number of hydrogen-bond donors (Lipinski definition) is 0. The molecule has 27 heavy (non-hydrogen) atoms. The Balaban J connectivity index is 1.55. The van der Waals surface area contributed by atoms with Crippen molar-refractivity contribution in [1.29, 1.82) is 0 Å². The van der Waals surface area contributed by atoms with Gasteiger partial charge in [-0.15, -0.1) is 0 Å². The molecule has 0 N–H and O–H groups in total. The van der Waals surface area contributed by atoms with Crippen LogP contribution in [-0.2, 0) is 11.3 Å². The number of amidine groups is 1. The van der Waals surface area contributed by atoms with Crippen LogP contribution in [0.3, 0.4) is 0 Å². The van der Waals surface area contributed by atoms with Crippen LogP contribution in [0, 0.1) is 31.6 Å². The molecule has 2 fully saturated rings. The van der Waals surface area contributed by atoms with Crippen LogP contribution < -0.4 is 0 Å². The summed E-state index contributed by atoms with van der Waals surface area (Å²) in [6.45, 7) is 14.1. The summed E-state index contributed by atoms with van der Waals surface area (Å²) >= 11 is 0. The first kappa shape index (κ1) is 18.7. The van der Waals surface area contributed by atoms with Gasteiger partial charge in [0.1, 0.15) is 17.1 Å². The third-order valence-corrected chi connectivity index (χ3v) is 6.71. The van der Waals surface area contributed by atoms with Crippen LogP contribution in [0.25, 0.3) is 0 Å². The van der Waals surface area contributed by atoms with Crippen LogP contribution in [0.1, 0.15) is 57.1 Å². The van der Waals surface area contributed by atoms with Crippen molar-refractivity contribution >= 4 is 11.7 Å². The first-order valence-electron chi connectivity index (χ1n) is 10.4. The smallest absolute Gasteiger partial charge is 0.256 e. The Hall–Kier alpha value is -1.69. The quantitative estimate of drug-likeness (QED) is 0.796. The Bertz CT molecular complexity index is 749. The maximum absolute atomic E-state index is 13.5. The summed E-state index contributed by atoms with van der Waals surface area (Å²) in [6, 6.07) is 0. The summed E-state index contributed by atoms with van der Waals surface area (Å²) < 4.78 is 5.33. The number of aromatic nitrogens is 1. The van der Waals surface area contributed by atoms with Gasteiger partial charge >= 0.3 is 0 Å². The monoisotopic (exact) mass is 372 g/mol. The van der Waals surface area contributed by atoms with Crippen molar-refractivity contribution < 1.29 is 9.32 Å². The van der Waals surface area contributed by atoms with Crippen molar-refractivity contribution in [3.05, 3.63) is 17.0 Å². The van der Waals surface area contributed by atoms with Gasteiger partial charge < -0.3 is 4.52 Å². The predicted molar refractivity (Wildman–Crippen MR) is 104 cm³/mol. The van der Waals surface area contributed by atoms with E-state index in [1.54, 1.807) is 0 Å². The molecule has 1 aliphatic carbocycles. The zero-order valence-electron chi connectivity index (χ0n) is 17.3. The maximum Gasteiger partial charge on any atom is 0.256 e. The van der Waals surface area contributed by atoms with Gasteiger partial charge in [0.05, 0.1) is 5.69 Å². The molecular formula is C21H32N4O2. The number of amides is 1. The third-order valence-electron chi connectivity index (χ3n) is 6.71. The molecule has 0 unspecified atom stereocenters. The predicted octanol–water partition coefficient (Wildman–Crippen LogP) is 3.18. The fraction of sp³-hybridized carbons (Fsp3) is 0.762. The van der Waals surface area contributed by atoms with Crippen molar-refractivity contribution in [3.8, 4) is 0 Å². The molecule has 3 aliphatic rings. The molecule has 148 valence electrons. The lowest BCUT2D eigenvalue weighted by Gasteiger charge is -2.29. The van der Waals surface area contributed by atoms with Gasteiger partial charge in [-0.1, -0.05) is 25.9 Å². The fourth-order valence-corrected chi connectivity index (χ4v) is 5.38. The van der Waals surface area contributed by atoms with Gasteiger partial charge in [0.25, 0.3) is 5.91 Å². The molecule has 4 rings (SSSR count). The van der Waals surface area contributed by atoms with E-state index >= 15 is 0 Å². The normalized spacial score (nSPS) is 30.8. The first-order valence-corrected chi connectivity index (χ1v) is 10.4. The van der Waals surface area contributed by atoms with Crippen molar-refractivity contribution in [2.75, 3.05) is 19.6 Å². The van der Waals surface area contributed by atoms with Gasteiger partial charge in [0.15, 0.2) is 0 Å². The molecule has 2 aliphatic heterocycles. The van der Waals surface area contributed by atoms with E-state index < -0.39 is 5.54 Å². The second kappa shape index (κ2) is 6.73. The van der Waals surface area contributed by atoms with E-state index in [-0.39, 0.29) is 5.91 Å². The van der Waals surface area contributed by atoms with Gasteiger partial charge in [0.2, 0.25) is 0 Å². The highest BCUT2D eigenvalue weighted by molar-refractivity contribution is 6.08. The minimum atomic E-state index is -0.502. The molecule has 6 nitrogen and oxygen atoms in total. The summed E-state index contributed by atoms with van der Waals surface area (Å²) in [6.07, 6.45) is 2.85. The van der Waals surface area contributed by atoms with E-state index in [4.69, 9.17) is 9.52 Å². The molecule has 1 saturated heterocycles. The molecular weight excluding hydrogens is 340 g/mol.